The molecule has 58 heavy (non-hydrogen) atoms. The van der Waals surface area contributed by atoms with Crippen LogP contribution in [0.2, 0.25) is 0 Å². The van der Waals surface area contributed by atoms with Gasteiger partial charge in [0.1, 0.15) is 11.2 Å². The smallest absolute Gasteiger partial charge is 0.143 e. The van der Waals surface area contributed by atoms with Gasteiger partial charge in [0.05, 0.1) is 0 Å². The van der Waals surface area contributed by atoms with E-state index >= 15 is 0 Å². The van der Waals surface area contributed by atoms with Gasteiger partial charge in [0.15, 0.2) is 0 Å². The number of nitrogens with zero attached hydrogens (tertiary/aromatic N) is 1. The largest absolute Gasteiger partial charge is 0.455 e. The molecule has 10 aromatic carbocycles. The minimum Gasteiger partial charge on any atom is -0.455 e. The Balaban J connectivity index is 0.984. The Morgan fingerprint density at radius 2 is 0.810 bits per heavy atom. The number of hydrogen-bond donors (Lipinski definition) is 0. The summed E-state index contributed by atoms with van der Waals surface area (Å²) in [5, 5.41) is 7.18. The molecule has 0 amide bonds. The molecule has 0 atom stereocenters. The molecule has 272 valence electrons. The van der Waals surface area contributed by atoms with Gasteiger partial charge >= 0.3 is 0 Å². The summed E-state index contributed by atoms with van der Waals surface area (Å²) in [5.74, 6) is 0. The summed E-state index contributed by atoms with van der Waals surface area (Å²) in [7, 11) is 0. The fraction of sp³-hybridized carbons (Fsp3) is 0. The summed E-state index contributed by atoms with van der Waals surface area (Å²) < 4.78 is 6.48. The molecule has 0 N–H and O–H groups in total. The molecule has 0 unspecified atom stereocenters. The molecule has 1 heterocycles. The van der Waals surface area contributed by atoms with Gasteiger partial charge in [0.25, 0.3) is 0 Å². The van der Waals surface area contributed by atoms with Crippen molar-refractivity contribution in [2.24, 2.45) is 0 Å². The zero-order valence-electron chi connectivity index (χ0n) is 31.7. The molecule has 0 saturated heterocycles. The zero-order chi connectivity index (χ0) is 38.4. The highest BCUT2D eigenvalue weighted by Crippen LogP contribution is 2.42. The summed E-state index contributed by atoms with van der Waals surface area (Å²) in [6.07, 6.45) is 0. The van der Waals surface area contributed by atoms with E-state index in [-0.39, 0.29) is 0 Å². The van der Waals surface area contributed by atoms with E-state index in [2.05, 4.69) is 223 Å². The Bertz CT molecular complexity index is 3250. The maximum absolute atomic E-state index is 6.48. The van der Waals surface area contributed by atoms with Gasteiger partial charge in [-0.1, -0.05) is 176 Å². The highest BCUT2D eigenvalue weighted by atomic mass is 16.3. The van der Waals surface area contributed by atoms with Crippen molar-refractivity contribution in [1.29, 1.82) is 0 Å². The predicted octanol–water partition coefficient (Wildman–Crippen LogP) is 16.0. The lowest BCUT2D eigenvalue weighted by Gasteiger charge is -2.26. The molecular weight excluding hydrogens is 703 g/mol. The van der Waals surface area contributed by atoms with E-state index in [1.54, 1.807) is 0 Å². The standard InChI is InChI=1S/C56H37NO/c1-3-13-40(14-4-1)49-20-9-18-43-19-10-21-50(55(43)49)42-27-32-47(33-28-42)57(48-34-26-38-12-7-8-17-44(38)36-48)46-30-24-39(25-31-46)45-29-35-54-53(37-45)52-23-11-22-51(56(52)58-54)41-15-5-2-6-16-41/h1-37H. The fourth-order valence-corrected chi connectivity index (χ4v) is 8.62. The van der Waals surface area contributed by atoms with E-state index in [1.165, 1.54) is 43.8 Å². The third-order valence-electron chi connectivity index (χ3n) is 11.5. The van der Waals surface area contributed by atoms with Crippen LogP contribution in [0.25, 0.3) is 88.0 Å². The summed E-state index contributed by atoms with van der Waals surface area (Å²) in [5.41, 5.74) is 14.5. The van der Waals surface area contributed by atoms with Crippen LogP contribution in [0.1, 0.15) is 0 Å². The quantitative estimate of drug-likeness (QED) is 0.162. The maximum atomic E-state index is 6.48. The number of furan rings is 1. The first-order chi connectivity index (χ1) is 28.7. The molecule has 0 aliphatic rings. The van der Waals surface area contributed by atoms with Crippen molar-refractivity contribution >= 4 is 60.5 Å². The Kier molecular flexibility index (Phi) is 8.19. The van der Waals surface area contributed by atoms with Gasteiger partial charge in [-0.3, -0.25) is 0 Å². The molecule has 0 spiro atoms. The van der Waals surface area contributed by atoms with Crippen LogP contribution in [-0.4, -0.2) is 0 Å². The predicted molar refractivity (Wildman–Crippen MR) is 245 cm³/mol. The van der Waals surface area contributed by atoms with Gasteiger partial charge in [-0.2, -0.15) is 0 Å². The van der Waals surface area contributed by atoms with E-state index in [0.29, 0.717) is 0 Å². The van der Waals surface area contributed by atoms with Crippen molar-refractivity contribution in [2.75, 3.05) is 4.90 Å². The van der Waals surface area contributed by atoms with Crippen molar-refractivity contribution in [3.8, 4) is 44.5 Å². The third-order valence-corrected chi connectivity index (χ3v) is 11.5. The monoisotopic (exact) mass is 739 g/mol. The average molecular weight is 740 g/mol. The average Bonchev–Trinajstić information content (AvgIpc) is 3.68. The maximum Gasteiger partial charge on any atom is 0.143 e. The van der Waals surface area contributed by atoms with Crippen molar-refractivity contribution in [3.63, 3.8) is 0 Å². The normalized spacial score (nSPS) is 11.4. The third kappa shape index (κ3) is 5.91. The molecule has 1 aromatic heterocycles. The van der Waals surface area contributed by atoms with Crippen LogP contribution in [0.5, 0.6) is 0 Å². The number of hydrogen-bond acceptors (Lipinski definition) is 2. The lowest BCUT2D eigenvalue weighted by Crippen LogP contribution is -2.09. The highest BCUT2D eigenvalue weighted by molar-refractivity contribution is 6.11. The van der Waals surface area contributed by atoms with E-state index in [1.807, 2.05) is 6.07 Å². The van der Waals surface area contributed by atoms with Crippen molar-refractivity contribution in [2.45, 2.75) is 0 Å². The lowest BCUT2D eigenvalue weighted by molar-refractivity contribution is 0.670. The minimum atomic E-state index is 0.893. The molecule has 2 nitrogen and oxygen atoms in total. The molecule has 11 aromatic rings. The Hall–Kier alpha value is -7.68. The van der Waals surface area contributed by atoms with Gasteiger partial charge in [-0.05, 0) is 109 Å². The van der Waals surface area contributed by atoms with Crippen LogP contribution >= 0.6 is 0 Å². The van der Waals surface area contributed by atoms with Gasteiger partial charge in [0, 0.05) is 33.4 Å². The minimum absolute atomic E-state index is 0.893. The Morgan fingerprint density at radius 1 is 0.293 bits per heavy atom. The SMILES string of the molecule is c1ccc(-c2cccc3c2oc2ccc(-c4ccc(N(c5ccc(-c6cccc7cccc(-c8ccccc8)c67)cc5)c5ccc6ccccc6c5)cc4)cc23)cc1. The summed E-state index contributed by atoms with van der Waals surface area (Å²) in [6.45, 7) is 0. The van der Waals surface area contributed by atoms with Gasteiger partial charge in [-0.15, -0.1) is 0 Å². The van der Waals surface area contributed by atoms with E-state index < -0.39 is 0 Å². The second-order valence-electron chi connectivity index (χ2n) is 14.9. The Labute approximate surface area is 337 Å². The molecular formula is C56H37NO. The van der Waals surface area contributed by atoms with Crippen molar-refractivity contribution in [1.82, 2.24) is 0 Å². The summed E-state index contributed by atoms with van der Waals surface area (Å²) in [6, 6.07) is 80.6. The van der Waals surface area contributed by atoms with Crippen molar-refractivity contribution in [3.05, 3.63) is 224 Å². The second kappa shape index (κ2) is 14.1. The highest BCUT2D eigenvalue weighted by Gasteiger charge is 2.17. The lowest BCUT2D eigenvalue weighted by atomic mass is 9.91. The van der Waals surface area contributed by atoms with Gasteiger partial charge < -0.3 is 9.32 Å². The van der Waals surface area contributed by atoms with Crippen LogP contribution in [-0.2, 0) is 0 Å². The van der Waals surface area contributed by atoms with Crippen molar-refractivity contribution < 1.29 is 4.42 Å². The van der Waals surface area contributed by atoms with E-state index in [0.717, 1.165) is 61.3 Å². The molecule has 11 rings (SSSR count). The summed E-state index contributed by atoms with van der Waals surface area (Å²) >= 11 is 0. The van der Waals surface area contributed by atoms with Crippen LogP contribution in [0, 0.1) is 0 Å². The van der Waals surface area contributed by atoms with Gasteiger partial charge in [-0.25, -0.2) is 0 Å². The second-order valence-corrected chi connectivity index (χ2v) is 14.9. The first-order valence-electron chi connectivity index (χ1n) is 19.8. The number of fused-ring (bicyclic) bond motifs is 5. The Morgan fingerprint density at radius 3 is 1.50 bits per heavy atom. The fourth-order valence-electron chi connectivity index (χ4n) is 8.62. The molecule has 2 heteroatoms. The molecule has 0 radical (unpaired) electrons. The molecule has 0 aliphatic carbocycles. The van der Waals surface area contributed by atoms with Crippen LogP contribution < -0.4 is 4.90 Å². The number of anilines is 3. The van der Waals surface area contributed by atoms with Gasteiger partial charge in [0.2, 0.25) is 0 Å². The molecule has 0 aliphatic heterocycles. The molecule has 0 fully saturated rings. The van der Waals surface area contributed by atoms with Crippen LogP contribution in [0.15, 0.2) is 229 Å². The first kappa shape index (κ1) is 33.6. The molecule has 0 bridgehead atoms. The van der Waals surface area contributed by atoms with Crippen LogP contribution in [0.3, 0.4) is 0 Å². The van der Waals surface area contributed by atoms with E-state index in [4.69, 9.17) is 4.42 Å². The summed E-state index contributed by atoms with van der Waals surface area (Å²) in [4.78, 5) is 2.36. The first-order valence-corrected chi connectivity index (χ1v) is 19.8. The number of para-hydroxylation sites is 1. The number of rotatable bonds is 7. The van der Waals surface area contributed by atoms with E-state index in [9.17, 15) is 0 Å². The topological polar surface area (TPSA) is 16.4 Å². The number of benzene rings is 10. The molecule has 0 saturated carbocycles. The van der Waals surface area contributed by atoms with Crippen LogP contribution in [0.4, 0.5) is 17.1 Å². The zero-order valence-corrected chi connectivity index (χ0v) is 31.7.